The van der Waals surface area contributed by atoms with Crippen molar-refractivity contribution in [3.05, 3.63) is 12.7 Å². The molecule has 1 rings (SSSR count). The van der Waals surface area contributed by atoms with E-state index in [1.807, 2.05) is 4.90 Å². The minimum atomic E-state index is 0.0593. The van der Waals surface area contributed by atoms with Gasteiger partial charge in [0.2, 0.25) is 5.91 Å². The molecule has 14 heavy (non-hydrogen) atoms. The van der Waals surface area contributed by atoms with Crippen molar-refractivity contribution in [1.82, 2.24) is 9.80 Å². The highest BCUT2D eigenvalue weighted by atomic mass is 16.2. The first-order chi connectivity index (χ1) is 6.56. The monoisotopic (exact) mass is 196 g/mol. The standard InChI is InChI=1S/C11H20N2O/c1-5-11(14)13-8-10(12(3)4)7-6-9(13)2/h5,9-10H,1,6-8H2,2-4H3/t9-,10+/m0/s1. The fourth-order valence-corrected chi connectivity index (χ4v) is 1.93. The molecule has 0 unspecified atom stereocenters. The van der Waals surface area contributed by atoms with Crippen LogP contribution in [0.3, 0.4) is 0 Å². The molecule has 0 N–H and O–H groups in total. The van der Waals surface area contributed by atoms with Crippen molar-refractivity contribution in [2.45, 2.75) is 31.8 Å². The van der Waals surface area contributed by atoms with Gasteiger partial charge in [-0.15, -0.1) is 0 Å². The lowest BCUT2D eigenvalue weighted by Crippen LogP contribution is -2.50. The average Bonchev–Trinajstić information content (AvgIpc) is 2.17. The molecule has 1 heterocycles. The molecule has 1 aliphatic heterocycles. The van der Waals surface area contributed by atoms with Gasteiger partial charge in [-0.3, -0.25) is 4.79 Å². The largest absolute Gasteiger partial charge is 0.335 e. The quantitative estimate of drug-likeness (QED) is 0.618. The summed E-state index contributed by atoms with van der Waals surface area (Å²) in [5.74, 6) is 0.0593. The summed E-state index contributed by atoms with van der Waals surface area (Å²) in [5, 5.41) is 0. The van der Waals surface area contributed by atoms with Gasteiger partial charge in [0.25, 0.3) is 0 Å². The molecule has 0 aromatic carbocycles. The molecule has 0 bridgehead atoms. The molecular formula is C11H20N2O. The number of likely N-dealkylation sites (tertiary alicyclic amines) is 1. The van der Waals surface area contributed by atoms with Gasteiger partial charge in [0.05, 0.1) is 0 Å². The zero-order valence-corrected chi connectivity index (χ0v) is 9.36. The van der Waals surface area contributed by atoms with Crippen LogP contribution in [0.25, 0.3) is 0 Å². The summed E-state index contributed by atoms with van der Waals surface area (Å²) >= 11 is 0. The Kier molecular flexibility index (Phi) is 3.69. The molecule has 1 fully saturated rings. The number of rotatable bonds is 2. The molecule has 0 aliphatic carbocycles. The summed E-state index contributed by atoms with van der Waals surface area (Å²) in [6.07, 6.45) is 3.67. The van der Waals surface area contributed by atoms with Gasteiger partial charge in [0.15, 0.2) is 0 Å². The molecule has 3 heteroatoms. The van der Waals surface area contributed by atoms with E-state index in [1.165, 1.54) is 12.5 Å². The smallest absolute Gasteiger partial charge is 0.246 e. The molecule has 1 saturated heterocycles. The van der Waals surface area contributed by atoms with E-state index >= 15 is 0 Å². The summed E-state index contributed by atoms with van der Waals surface area (Å²) in [4.78, 5) is 15.6. The van der Waals surface area contributed by atoms with Gasteiger partial charge >= 0.3 is 0 Å². The highest BCUT2D eigenvalue weighted by Gasteiger charge is 2.28. The zero-order chi connectivity index (χ0) is 10.7. The van der Waals surface area contributed by atoms with Crippen LogP contribution in [0.1, 0.15) is 19.8 Å². The van der Waals surface area contributed by atoms with E-state index in [4.69, 9.17) is 0 Å². The molecule has 2 atom stereocenters. The van der Waals surface area contributed by atoms with Crippen LogP contribution in [0.5, 0.6) is 0 Å². The second-order valence-corrected chi connectivity index (χ2v) is 4.24. The molecule has 0 spiro atoms. The van der Waals surface area contributed by atoms with Gasteiger partial charge in [0, 0.05) is 18.6 Å². The van der Waals surface area contributed by atoms with Crippen molar-refractivity contribution in [2.75, 3.05) is 20.6 Å². The van der Waals surface area contributed by atoms with Gasteiger partial charge in [-0.05, 0) is 39.9 Å². The second-order valence-electron chi connectivity index (χ2n) is 4.24. The number of carbonyl (C=O) groups is 1. The van der Waals surface area contributed by atoms with Gasteiger partial charge in [-0.25, -0.2) is 0 Å². The lowest BCUT2D eigenvalue weighted by atomic mass is 9.98. The maximum absolute atomic E-state index is 11.5. The first-order valence-electron chi connectivity index (χ1n) is 5.15. The van der Waals surface area contributed by atoms with Crippen LogP contribution >= 0.6 is 0 Å². The summed E-state index contributed by atoms with van der Waals surface area (Å²) in [7, 11) is 4.13. The number of hydrogen-bond donors (Lipinski definition) is 0. The van der Waals surface area contributed by atoms with Crippen molar-refractivity contribution in [3.63, 3.8) is 0 Å². The third-order valence-corrected chi connectivity index (χ3v) is 3.05. The molecular weight excluding hydrogens is 176 g/mol. The van der Waals surface area contributed by atoms with Crippen LogP contribution in [0.4, 0.5) is 0 Å². The Morgan fingerprint density at radius 1 is 1.50 bits per heavy atom. The highest BCUT2D eigenvalue weighted by molar-refractivity contribution is 5.87. The van der Waals surface area contributed by atoms with E-state index in [0.29, 0.717) is 12.1 Å². The van der Waals surface area contributed by atoms with Crippen LogP contribution in [0.15, 0.2) is 12.7 Å². The van der Waals surface area contributed by atoms with Crippen molar-refractivity contribution in [3.8, 4) is 0 Å². The minimum Gasteiger partial charge on any atom is -0.335 e. The lowest BCUT2D eigenvalue weighted by molar-refractivity contribution is -0.130. The SMILES string of the molecule is C=CC(=O)N1C[C@H](N(C)C)CC[C@@H]1C. The van der Waals surface area contributed by atoms with Crippen LogP contribution in [0.2, 0.25) is 0 Å². The number of amides is 1. The zero-order valence-electron chi connectivity index (χ0n) is 9.36. The van der Waals surface area contributed by atoms with Crippen molar-refractivity contribution < 1.29 is 4.79 Å². The fraction of sp³-hybridized carbons (Fsp3) is 0.727. The van der Waals surface area contributed by atoms with E-state index in [9.17, 15) is 4.79 Å². The van der Waals surface area contributed by atoms with Crippen LogP contribution < -0.4 is 0 Å². The van der Waals surface area contributed by atoms with E-state index in [2.05, 4.69) is 32.5 Å². The predicted molar refractivity (Wildman–Crippen MR) is 58.1 cm³/mol. The molecule has 0 saturated carbocycles. The summed E-state index contributed by atoms with van der Waals surface area (Å²) in [5.41, 5.74) is 0. The molecule has 80 valence electrons. The van der Waals surface area contributed by atoms with Crippen LogP contribution in [-0.4, -0.2) is 48.4 Å². The summed E-state index contributed by atoms with van der Waals surface area (Å²) in [6.45, 7) is 6.47. The minimum absolute atomic E-state index is 0.0593. The topological polar surface area (TPSA) is 23.6 Å². The van der Waals surface area contributed by atoms with E-state index in [-0.39, 0.29) is 5.91 Å². The maximum Gasteiger partial charge on any atom is 0.246 e. The number of nitrogens with zero attached hydrogens (tertiary/aromatic N) is 2. The molecule has 0 aromatic rings. The third-order valence-electron chi connectivity index (χ3n) is 3.05. The van der Waals surface area contributed by atoms with Crippen molar-refractivity contribution in [2.24, 2.45) is 0 Å². The Bertz CT molecular complexity index is 225. The maximum atomic E-state index is 11.5. The first-order valence-corrected chi connectivity index (χ1v) is 5.15. The second kappa shape index (κ2) is 4.60. The Labute approximate surface area is 86.4 Å². The average molecular weight is 196 g/mol. The number of likely N-dealkylation sites (N-methyl/N-ethyl adjacent to an activating group) is 1. The molecule has 1 amide bonds. The fourth-order valence-electron chi connectivity index (χ4n) is 1.93. The predicted octanol–water partition coefficient (Wildman–Crippen LogP) is 1.11. The van der Waals surface area contributed by atoms with Crippen LogP contribution in [-0.2, 0) is 4.79 Å². The van der Waals surface area contributed by atoms with Gasteiger partial charge < -0.3 is 9.80 Å². The molecule has 0 radical (unpaired) electrons. The van der Waals surface area contributed by atoms with Gasteiger partial charge in [-0.2, -0.15) is 0 Å². The Morgan fingerprint density at radius 3 is 2.64 bits per heavy atom. The highest BCUT2D eigenvalue weighted by Crippen LogP contribution is 2.19. The Balaban J connectivity index is 2.64. The first kappa shape index (κ1) is 11.2. The van der Waals surface area contributed by atoms with Crippen molar-refractivity contribution in [1.29, 1.82) is 0 Å². The van der Waals surface area contributed by atoms with Gasteiger partial charge in [-0.1, -0.05) is 6.58 Å². The lowest BCUT2D eigenvalue weighted by Gasteiger charge is -2.40. The van der Waals surface area contributed by atoms with E-state index in [1.54, 1.807) is 0 Å². The number of hydrogen-bond acceptors (Lipinski definition) is 2. The number of carbonyl (C=O) groups excluding carboxylic acids is 1. The van der Waals surface area contributed by atoms with Gasteiger partial charge in [0.1, 0.15) is 0 Å². The van der Waals surface area contributed by atoms with Crippen LogP contribution in [0, 0.1) is 0 Å². The molecule has 0 aromatic heterocycles. The Hall–Kier alpha value is -0.830. The third kappa shape index (κ3) is 2.35. The normalized spacial score (nSPS) is 27.9. The summed E-state index contributed by atoms with van der Waals surface area (Å²) < 4.78 is 0. The Morgan fingerprint density at radius 2 is 2.14 bits per heavy atom. The van der Waals surface area contributed by atoms with E-state index in [0.717, 1.165) is 13.0 Å². The van der Waals surface area contributed by atoms with E-state index < -0.39 is 0 Å². The van der Waals surface area contributed by atoms with Crippen molar-refractivity contribution >= 4 is 5.91 Å². The molecule has 3 nitrogen and oxygen atoms in total. The summed E-state index contributed by atoms with van der Waals surface area (Å²) in [6, 6.07) is 0.854. The molecule has 1 aliphatic rings. The number of piperidine rings is 1.